The predicted molar refractivity (Wildman–Crippen MR) is 98.0 cm³/mol. The first kappa shape index (κ1) is 20.2. The number of ether oxygens (including phenoxy) is 2. The van der Waals surface area contributed by atoms with E-state index in [-0.39, 0.29) is 22.7 Å². The van der Waals surface area contributed by atoms with E-state index in [9.17, 15) is 17.6 Å². The summed E-state index contributed by atoms with van der Waals surface area (Å²) in [6.45, 7) is 0. The molecule has 0 spiro atoms. The van der Waals surface area contributed by atoms with Crippen molar-refractivity contribution in [3.63, 3.8) is 0 Å². The quantitative estimate of drug-likeness (QED) is 0.346. The zero-order valence-corrected chi connectivity index (χ0v) is 15.7. The summed E-state index contributed by atoms with van der Waals surface area (Å²) in [4.78, 5) is 12.8. The molecule has 0 radical (unpaired) electrons. The number of anilines is 1. The molecule has 144 valence electrons. The number of sulfonamides is 1. The number of benzene rings is 2. The number of carbonyl (C=O) groups is 1. The first-order valence-corrected chi connectivity index (χ1v) is 9.00. The molecule has 2 rings (SSSR count). The molecule has 0 amide bonds. The Balaban J connectivity index is 2.63. The number of esters is 1. The monoisotopic (exact) mass is 395 g/mol. The maximum atomic E-state index is 13.1. The van der Waals surface area contributed by atoms with Gasteiger partial charge in [-0.15, -0.1) is 4.40 Å². The van der Waals surface area contributed by atoms with E-state index in [0.29, 0.717) is 0 Å². The second-order valence-corrected chi connectivity index (χ2v) is 7.20. The van der Waals surface area contributed by atoms with E-state index >= 15 is 0 Å². The molecule has 0 atom stereocenters. The number of nitrogens with two attached hydrogens (primary N) is 1. The van der Waals surface area contributed by atoms with Crippen LogP contribution in [0.3, 0.4) is 0 Å². The molecule has 0 heterocycles. The number of nitrogens with zero attached hydrogens (tertiary/aromatic N) is 2. The van der Waals surface area contributed by atoms with Crippen LogP contribution in [0.2, 0.25) is 0 Å². The number of nitrogen functional groups attached to an aromatic ring is 1. The van der Waals surface area contributed by atoms with Gasteiger partial charge in [-0.3, -0.25) is 0 Å². The second-order valence-electron chi connectivity index (χ2n) is 5.60. The number of hydrogen-bond acceptors (Lipinski definition) is 6. The average molecular weight is 395 g/mol. The standard InChI is InChI=1S/C17H18FN3O5S/c1-21(2)10-20-27(23,24)15-9-11(17(22)25-3)8-14(19)16(15)26-13-6-4-12(18)5-7-13/h4-10H,19H2,1-3H3/b20-10-. The molecule has 0 unspecified atom stereocenters. The van der Waals surface area contributed by atoms with Gasteiger partial charge >= 0.3 is 5.97 Å². The van der Waals surface area contributed by atoms with Gasteiger partial charge in [-0.25, -0.2) is 9.18 Å². The molecule has 2 N–H and O–H groups in total. The Bertz CT molecular complexity index is 973. The Labute approximate surface area is 156 Å². The van der Waals surface area contributed by atoms with Gasteiger partial charge in [0.05, 0.1) is 18.4 Å². The van der Waals surface area contributed by atoms with Gasteiger partial charge < -0.3 is 20.1 Å². The van der Waals surface area contributed by atoms with Crippen LogP contribution < -0.4 is 10.5 Å². The highest BCUT2D eigenvalue weighted by atomic mass is 32.2. The van der Waals surface area contributed by atoms with Gasteiger partial charge in [0, 0.05) is 14.1 Å². The molecule has 27 heavy (non-hydrogen) atoms. The summed E-state index contributed by atoms with van der Waals surface area (Å²) in [6.07, 6.45) is 1.08. The van der Waals surface area contributed by atoms with Crippen LogP contribution in [0.15, 0.2) is 45.7 Å². The van der Waals surface area contributed by atoms with Crippen LogP contribution >= 0.6 is 0 Å². The summed E-state index contributed by atoms with van der Waals surface area (Å²) in [5.41, 5.74) is 5.70. The normalized spacial score (nSPS) is 11.4. The minimum absolute atomic E-state index is 0.0833. The summed E-state index contributed by atoms with van der Waals surface area (Å²) < 4.78 is 52.1. The molecule has 0 fully saturated rings. The lowest BCUT2D eigenvalue weighted by Crippen LogP contribution is -2.12. The van der Waals surface area contributed by atoms with Crippen LogP contribution in [-0.2, 0) is 14.8 Å². The van der Waals surface area contributed by atoms with Crippen LogP contribution in [0.4, 0.5) is 10.1 Å². The fraction of sp³-hybridized carbons (Fsp3) is 0.176. The molecule has 0 saturated heterocycles. The van der Waals surface area contributed by atoms with Gasteiger partial charge in [-0.05, 0) is 36.4 Å². The number of carbonyl (C=O) groups excluding carboxylic acids is 1. The molecule has 0 aromatic heterocycles. The summed E-state index contributed by atoms with van der Waals surface area (Å²) in [5.74, 6) is -1.34. The van der Waals surface area contributed by atoms with E-state index in [2.05, 4.69) is 9.13 Å². The van der Waals surface area contributed by atoms with Crippen LogP contribution in [0.25, 0.3) is 0 Å². The maximum Gasteiger partial charge on any atom is 0.337 e. The fourth-order valence-corrected chi connectivity index (χ4v) is 3.09. The maximum absolute atomic E-state index is 13.1. The minimum atomic E-state index is -4.26. The first-order chi connectivity index (χ1) is 12.6. The molecule has 0 aliphatic carbocycles. The Morgan fingerprint density at radius 1 is 1.22 bits per heavy atom. The lowest BCUT2D eigenvalue weighted by atomic mass is 10.2. The third-order valence-corrected chi connectivity index (χ3v) is 4.46. The van der Waals surface area contributed by atoms with Crippen LogP contribution in [-0.4, -0.2) is 46.8 Å². The summed E-state index contributed by atoms with van der Waals surface area (Å²) in [6, 6.07) is 7.19. The largest absolute Gasteiger partial charge is 0.465 e. The highest BCUT2D eigenvalue weighted by Crippen LogP contribution is 2.36. The van der Waals surface area contributed by atoms with Crippen molar-refractivity contribution < 1.29 is 27.1 Å². The van der Waals surface area contributed by atoms with Gasteiger partial charge in [0.2, 0.25) is 0 Å². The van der Waals surface area contributed by atoms with Crippen LogP contribution in [0.1, 0.15) is 10.4 Å². The lowest BCUT2D eigenvalue weighted by Gasteiger charge is -2.14. The molecular weight excluding hydrogens is 377 g/mol. The van der Waals surface area contributed by atoms with E-state index in [0.717, 1.165) is 31.6 Å². The van der Waals surface area contributed by atoms with Crippen molar-refractivity contribution >= 4 is 28.0 Å². The van der Waals surface area contributed by atoms with Crippen molar-refractivity contribution in [2.45, 2.75) is 4.90 Å². The van der Waals surface area contributed by atoms with Crippen molar-refractivity contribution in [2.75, 3.05) is 26.9 Å². The van der Waals surface area contributed by atoms with Gasteiger partial charge in [0.1, 0.15) is 22.8 Å². The number of hydrogen-bond donors (Lipinski definition) is 1. The number of rotatable bonds is 6. The van der Waals surface area contributed by atoms with Crippen LogP contribution in [0, 0.1) is 5.82 Å². The Morgan fingerprint density at radius 2 is 1.85 bits per heavy atom. The van der Waals surface area contributed by atoms with E-state index in [4.69, 9.17) is 10.5 Å². The van der Waals surface area contributed by atoms with E-state index in [1.54, 1.807) is 14.1 Å². The summed E-state index contributed by atoms with van der Waals surface area (Å²) in [5, 5.41) is 0. The minimum Gasteiger partial charge on any atom is -0.465 e. The third kappa shape index (κ3) is 4.94. The second kappa shape index (κ2) is 8.04. The molecule has 2 aromatic carbocycles. The molecule has 10 heteroatoms. The molecule has 0 aliphatic rings. The summed E-state index contributed by atoms with van der Waals surface area (Å²) in [7, 11) is 0.0754. The van der Waals surface area contributed by atoms with Gasteiger partial charge in [-0.2, -0.15) is 8.42 Å². The highest BCUT2D eigenvalue weighted by Gasteiger charge is 2.25. The summed E-state index contributed by atoms with van der Waals surface area (Å²) >= 11 is 0. The van der Waals surface area contributed by atoms with Crippen molar-refractivity contribution in [3.05, 3.63) is 47.8 Å². The zero-order valence-electron chi connectivity index (χ0n) is 14.8. The average Bonchev–Trinajstić information content (AvgIpc) is 2.62. The van der Waals surface area contributed by atoms with E-state index in [1.165, 1.54) is 23.1 Å². The SMILES string of the molecule is COC(=O)c1cc(N)c(Oc2ccc(F)cc2)c(S(=O)(=O)/N=C\N(C)C)c1. The van der Waals surface area contributed by atoms with Crippen molar-refractivity contribution in [1.82, 2.24) is 4.90 Å². The zero-order chi connectivity index (χ0) is 20.2. The Hall–Kier alpha value is -3.14. The Morgan fingerprint density at radius 3 is 2.41 bits per heavy atom. The number of methoxy groups -OCH3 is 1. The topological polar surface area (TPSA) is 111 Å². The van der Waals surface area contributed by atoms with Crippen molar-refractivity contribution in [2.24, 2.45) is 4.40 Å². The number of halogens is 1. The highest BCUT2D eigenvalue weighted by molar-refractivity contribution is 7.90. The first-order valence-electron chi connectivity index (χ1n) is 7.56. The van der Waals surface area contributed by atoms with E-state index < -0.39 is 26.7 Å². The Kier molecular flexibility index (Phi) is 6.01. The third-order valence-electron chi connectivity index (χ3n) is 3.23. The molecule has 0 aliphatic heterocycles. The van der Waals surface area contributed by atoms with Crippen molar-refractivity contribution in [3.8, 4) is 11.5 Å². The molecule has 0 saturated carbocycles. The smallest absolute Gasteiger partial charge is 0.337 e. The molecule has 0 bridgehead atoms. The molecular formula is C17H18FN3O5S. The van der Waals surface area contributed by atoms with Gasteiger partial charge in [0.25, 0.3) is 10.0 Å². The predicted octanol–water partition coefficient (Wildman–Crippen LogP) is 2.27. The van der Waals surface area contributed by atoms with Crippen LogP contribution in [0.5, 0.6) is 11.5 Å². The van der Waals surface area contributed by atoms with Gasteiger partial charge in [-0.1, -0.05) is 0 Å². The molecule has 2 aromatic rings. The van der Waals surface area contributed by atoms with E-state index in [1.807, 2.05) is 0 Å². The molecule has 8 nitrogen and oxygen atoms in total. The lowest BCUT2D eigenvalue weighted by molar-refractivity contribution is 0.0600. The fourth-order valence-electron chi connectivity index (χ4n) is 1.99. The van der Waals surface area contributed by atoms with Gasteiger partial charge in [0.15, 0.2) is 5.75 Å². The van der Waals surface area contributed by atoms with Crippen molar-refractivity contribution in [1.29, 1.82) is 0 Å².